The third-order valence-corrected chi connectivity index (χ3v) is 2.81. The Labute approximate surface area is 79.8 Å². The van der Waals surface area contributed by atoms with E-state index in [2.05, 4.69) is 18.8 Å². The van der Waals surface area contributed by atoms with Crippen LogP contribution in [0.1, 0.15) is 27.2 Å². The molecule has 13 heavy (non-hydrogen) atoms. The first-order valence-corrected chi connectivity index (χ1v) is 4.68. The van der Waals surface area contributed by atoms with Crippen molar-refractivity contribution in [2.24, 2.45) is 0 Å². The summed E-state index contributed by atoms with van der Waals surface area (Å²) in [7, 11) is 0. The number of hydrogen-bond donors (Lipinski definition) is 2. The maximum atomic E-state index is 9.19. The smallest absolute Gasteiger partial charge is 0.109 e. The Bertz CT molecular complexity index is 217. The molecule has 0 aliphatic carbocycles. The highest BCUT2D eigenvalue weighted by atomic mass is 16.5. The van der Waals surface area contributed by atoms with Crippen LogP contribution in [0, 0.1) is 0 Å². The van der Waals surface area contributed by atoms with Crippen LogP contribution in [0.5, 0.6) is 0 Å². The van der Waals surface area contributed by atoms with Gasteiger partial charge in [0.25, 0.3) is 0 Å². The quantitative estimate of drug-likeness (QED) is 0.675. The first-order chi connectivity index (χ1) is 5.96. The number of nitrogens with one attached hydrogen (secondary N) is 1. The van der Waals surface area contributed by atoms with Gasteiger partial charge < -0.3 is 9.84 Å². The minimum atomic E-state index is -0.341. The Kier molecular flexibility index (Phi) is 2.68. The van der Waals surface area contributed by atoms with E-state index < -0.39 is 0 Å². The van der Waals surface area contributed by atoms with Gasteiger partial charge in [-0.05, 0) is 20.3 Å². The number of ether oxygens (including phenoxy) is 1. The molecule has 1 aliphatic rings. The molecule has 1 fully saturated rings. The van der Waals surface area contributed by atoms with Gasteiger partial charge in [0.15, 0.2) is 0 Å². The molecule has 2 N–H and O–H groups in total. The standard InChI is InChI=1S/C10H19NO2/c1-5-10(4)8(2)13-7-9(3,6-12)11-10/h11-12H,2,5-7H2,1,3-4H3. The van der Waals surface area contributed by atoms with Gasteiger partial charge in [0.05, 0.1) is 17.7 Å². The fourth-order valence-electron chi connectivity index (χ4n) is 1.55. The number of hydrogen-bond acceptors (Lipinski definition) is 3. The molecule has 0 aromatic rings. The average Bonchev–Trinajstić information content (AvgIpc) is 2.12. The van der Waals surface area contributed by atoms with Crippen molar-refractivity contribution in [1.82, 2.24) is 5.32 Å². The second-order valence-electron chi connectivity index (χ2n) is 4.24. The summed E-state index contributed by atoms with van der Waals surface area (Å²) < 4.78 is 5.47. The molecule has 1 heterocycles. The van der Waals surface area contributed by atoms with Crippen molar-refractivity contribution in [2.75, 3.05) is 13.2 Å². The second kappa shape index (κ2) is 3.31. The Morgan fingerprint density at radius 3 is 2.69 bits per heavy atom. The van der Waals surface area contributed by atoms with Gasteiger partial charge in [-0.15, -0.1) is 0 Å². The lowest BCUT2D eigenvalue weighted by atomic mass is 9.89. The lowest BCUT2D eigenvalue weighted by Crippen LogP contribution is -2.63. The highest BCUT2D eigenvalue weighted by Gasteiger charge is 2.40. The van der Waals surface area contributed by atoms with Crippen LogP contribution in [0.3, 0.4) is 0 Å². The van der Waals surface area contributed by atoms with Crippen LogP contribution in [0.2, 0.25) is 0 Å². The first-order valence-electron chi connectivity index (χ1n) is 4.68. The number of morpholine rings is 1. The van der Waals surface area contributed by atoms with Crippen LogP contribution in [-0.4, -0.2) is 29.4 Å². The lowest BCUT2D eigenvalue weighted by Gasteiger charge is -2.46. The minimum Gasteiger partial charge on any atom is -0.495 e. The van der Waals surface area contributed by atoms with Crippen molar-refractivity contribution in [3.8, 4) is 0 Å². The average molecular weight is 185 g/mol. The van der Waals surface area contributed by atoms with E-state index in [1.54, 1.807) is 0 Å². The summed E-state index contributed by atoms with van der Waals surface area (Å²) in [5, 5.41) is 12.6. The van der Waals surface area contributed by atoms with E-state index in [0.29, 0.717) is 6.61 Å². The molecule has 2 atom stereocenters. The Balaban J connectivity index is 2.80. The molecular weight excluding hydrogens is 166 g/mol. The molecule has 0 saturated carbocycles. The van der Waals surface area contributed by atoms with E-state index >= 15 is 0 Å². The number of aliphatic hydroxyl groups is 1. The molecule has 0 amide bonds. The summed E-state index contributed by atoms with van der Waals surface area (Å²) in [5.74, 6) is 0.765. The van der Waals surface area contributed by atoms with E-state index in [1.165, 1.54) is 0 Å². The molecular formula is C10H19NO2. The van der Waals surface area contributed by atoms with Gasteiger partial charge in [-0.2, -0.15) is 0 Å². The predicted molar refractivity (Wildman–Crippen MR) is 52.4 cm³/mol. The summed E-state index contributed by atoms with van der Waals surface area (Å²) in [6.07, 6.45) is 0.904. The Morgan fingerprint density at radius 1 is 1.62 bits per heavy atom. The van der Waals surface area contributed by atoms with Crippen LogP contribution in [0.25, 0.3) is 0 Å². The van der Waals surface area contributed by atoms with Crippen LogP contribution in [-0.2, 0) is 4.74 Å². The van der Waals surface area contributed by atoms with Crippen molar-refractivity contribution in [3.05, 3.63) is 12.3 Å². The van der Waals surface area contributed by atoms with Crippen molar-refractivity contribution in [1.29, 1.82) is 0 Å². The highest BCUT2D eigenvalue weighted by molar-refractivity contribution is 5.14. The summed E-state index contributed by atoms with van der Waals surface area (Å²) in [4.78, 5) is 0. The van der Waals surface area contributed by atoms with Crippen molar-refractivity contribution in [2.45, 2.75) is 38.3 Å². The van der Waals surface area contributed by atoms with Crippen molar-refractivity contribution in [3.63, 3.8) is 0 Å². The van der Waals surface area contributed by atoms with Crippen molar-refractivity contribution >= 4 is 0 Å². The zero-order valence-electron chi connectivity index (χ0n) is 8.68. The summed E-state index contributed by atoms with van der Waals surface area (Å²) in [6.45, 7) is 10.5. The molecule has 76 valence electrons. The lowest BCUT2D eigenvalue weighted by molar-refractivity contribution is -0.00222. The topological polar surface area (TPSA) is 41.5 Å². The number of aliphatic hydroxyl groups excluding tert-OH is 1. The van der Waals surface area contributed by atoms with Crippen LogP contribution >= 0.6 is 0 Å². The van der Waals surface area contributed by atoms with E-state index in [1.807, 2.05) is 13.8 Å². The molecule has 0 aromatic heterocycles. The zero-order chi connectivity index (χ0) is 10.1. The monoisotopic (exact) mass is 185 g/mol. The van der Waals surface area contributed by atoms with Gasteiger partial charge in [-0.3, -0.25) is 5.32 Å². The third-order valence-electron chi connectivity index (χ3n) is 2.81. The van der Waals surface area contributed by atoms with Gasteiger partial charge in [-0.25, -0.2) is 0 Å². The maximum Gasteiger partial charge on any atom is 0.109 e. The fourth-order valence-corrected chi connectivity index (χ4v) is 1.55. The van der Waals surface area contributed by atoms with E-state index in [9.17, 15) is 5.11 Å². The summed E-state index contributed by atoms with van der Waals surface area (Å²) in [5.41, 5.74) is -0.554. The molecule has 0 bridgehead atoms. The largest absolute Gasteiger partial charge is 0.495 e. The van der Waals surface area contributed by atoms with Crippen LogP contribution in [0.15, 0.2) is 12.3 Å². The summed E-state index contributed by atoms with van der Waals surface area (Å²) in [6, 6.07) is 0. The molecule has 0 radical (unpaired) electrons. The highest BCUT2D eigenvalue weighted by Crippen LogP contribution is 2.28. The van der Waals surface area contributed by atoms with Gasteiger partial charge in [-0.1, -0.05) is 13.5 Å². The van der Waals surface area contributed by atoms with Gasteiger partial charge in [0, 0.05) is 0 Å². The van der Waals surface area contributed by atoms with Gasteiger partial charge >= 0.3 is 0 Å². The SMILES string of the molecule is C=C1OCC(C)(CO)NC1(C)CC. The molecule has 1 rings (SSSR count). The fraction of sp³-hybridized carbons (Fsp3) is 0.800. The van der Waals surface area contributed by atoms with E-state index in [-0.39, 0.29) is 17.7 Å². The van der Waals surface area contributed by atoms with Crippen molar-refractivity contribution < 1.29 is 9.84 Å². The number of rotatable bonds is 2. The molecule has 0 aromatic carbocycles. The normalized spacial score (nSPS) is 40.2. The van der Waals surface area contributed by atoms with Gasteiger partial charge in [0.1, 0.15) is 12.4 Å². The van der Waals surface area contributed by atoms with Crippen LogP contribution < -0.4 is 5.32 Å². The van der Waals surface area contributed by atoms with Crippen LogP contribution in [0.4, 0.5) is 0 Å². The Hall–Kier alpha value is -0.540. The third kappa shape index (κ3) is 1.86. The first kappa shape index (κ1) is 10.5. The molecule has 3 nitrogen and oxygen atoms in total. The summed E-state index contributed by atoms with van der Waals surface area (Å²) >= 11 is 0. The molecule has 3 heteroatoms. The molecule has 2 unspecified atom stereocenters. The molecule has 0 spiro atoms. The van der Waals surface area contributed by atoms with E-state index in [0.717, 1.165) is 12.2 Å². The predicted octanol–water partition coefficient (Wildman–Crippen LogP) is 1.04. The molecule has 1 saturated heterocycles. The second-order valence-corrected chi connectivity index (χ2v) is 4.24. The molecule has 1 aliphatic heterocycles. The zero-order valence-corrected chi connectivity index (χ0v) is 8.68. The minimum absolute atomic E-state index is 0.0792. The van der Waals surface area contributed by atoms with E-state index in [4.69, 9.17) is 4.74 Å². The maximum absolute atomic E-state index is 9.19. The Morgan fingerprint density at radius 2 is 2.23 bits per heavy atom. The van der Waals surface area contributed by atoms with Gasteiger partial charge in [0.2, 0.25) is 0 Å².